The number of aliphatic hydroxyl groups is 1. The van der Waals surface area contributed by atoms with E-state index in [1.807, 2.05) is 37.3 Å². The quantitative estimate of drug-likeness (QED) is 0.508. The van der Waals surface area contributed by atoms with Crippen molar-refractivity contribution in [1.82, 2.24) is 5.32 Å². The summed E-state index contributed by atoms with van der Waals surface area (Å²) in [6, 6.07) is 13.0. The number of nitrogens with one attached hydrogen (secondary N) is 2. The van der Waals surface area contributed by atoms with E-state index >= 15 is 0 Å². The highest BCUT2D eigenvalue weighted by atomic mass is 35.5. The first-order valence-electron chi connectivity index (χ1n) is 9.18. The monoisotopic (exact) mass is 390 g/mol. The number of aryl methyl sites for hydroxylation is 1. The summed E-state index contributed by atoms with van der Waals surface area (Å²) in [7, 11) is 0. The SMILES string of the molecule is Cc1ccc(NC(=O)COc2ccc(Cl)cc2CNCCCCCO)cc1. The lowest BCUT2D eigenvalue weighted by Gasteiger charge is -2.13. The summed E-state index contributed by atoms with van der Waals surface area (Å²) in [6.45, 7) is 3.61. The Bertz CT molecular complexity index is 720. The van der Waals surface area contributed by atoms with Crippen LogP contribution in [0.15, 0.2) is 42.5 Å². The van der Waals surface area contributed by atoms with Crippen LogP contribution >= 0.6 is 11.6 Å². The van der Waals surface area contributed by atoms with Gasteiger partial charge in [0.2, 0.25) is 0 Å². The molecule has 146 valence electrons. The average Bonchev–Trinajstić information content (AvgIpc) is 2.65. The lowest BCUT2D eigenvalue weighted by molar-refractivity contribution is -0.118. The lowest BCUT2D eigenvalue weighted by atomic mass is 10.2. The molecule has 0 saturated carbocycles. The number of carbonyl (C=O) groups excluding carboxylic acids is 1. The minimum atomic E-state index is -0.211. The van der Waals surface area contributed by atoms with Gasteiger partial charge in [-0.05, 0) is 63.1 Å². The number of unbranched alkanes of at least 4 members (excludes halogenated alkanes) is 2. The van der Waals surface area contributed by atoms with Crippen molar-refractivity contribution in [1.29, 1.82) is 0 Å². The zero-order chi connectivity index (χ0) is 19.5. The second kappa shape index (κ2) is 11.6. The van der Waals surface area contributed by atoms with Crippen molar-refractivity contribution in [2.45, 2.75) is 32.7 Å². The van der Waals surface area contributed by atoms with Gasteiger partial charge in [-0.25, -0.2) is 0 Å². The van der Waals surface area contributed by atoms with Crippen LogP contribution in [0.5, 0.6) is 5.75 Å². The Morgan fingerprint density at radius 2 is 1.89 bits per heavy atom. The fourth-order valence-electron chi connectivity index (χ4n) is 2.57. The van der Waals surface area contributed by atoms with E-state index in [-0.39, 0.29) is 19.1 Å². The number of amides is 1. The van der Waals surface area contributed by atoms with Crippen LogP contribution in [0.3, 0.4) is 0 Å². The van der Waals surface area contributed by atoms with Gasteiger partial charge in [0, 0.05) is 29.4 Å². The number of rotatable bonds is 11. The van der Waals surface area contributed by atoms with Crippen molar-refractivity contribution in [2.24, 2.45) is 0 Å². The standard InChI is InChI=1S/C21H27ClN2O3/c1-16-5-8-19(9-6-16)24-21(26)15-27-20-10-7-18(22)13-17(20)14-23-11-3-2-4-12-25/h5-10,13,23,25H,2-4,11-12,14-15H2,1H3,(H,24,26). The van der Waals surface area contributed by atoms with Crippen LogP contribution in [0, 0.1) is 6.92 Å². The second-order valence-electron chi connectivity index (χ2n) is 6.42. The van der Waals surface area contributed by atoms with Crippen molar-refractivity contribution >= 4 is 23.2 Å². The molecule has 0 fully saturated rings. The molecule has 27 heavy (non-hydrogen) atoms. The number of anilines is 1. The van der Waals surface area contributed by atoms with Crippen molar-refractivity contribution in [3.63, 3.8) is 0 Å². The molecule has 0 aliphatic rings. The Balaban J connectivity index is 1.83. The summed E-state index contributed by atoms with van der Waals surface area (Å²) in [5.41, 5.74) is 2.79. The predicted molar refractivity (Wildman–Crippen MR) is 109 cm³/mol. The molecule has 2 rings (SSSR count). The van der Waals surface area contributed by atoms with Gasteiger partial charge < -0.3 is 20.5 Å². The van der Waals surface area contributed by atoms with Crippen molar-refractivity contribution in [3.8, 4) is 5.75 Å². The summed E-state index contributed by atoms with van der Waals surface area (Å²) >= 11 is 6.09. The first kappa shape index (κ1) is 21.2. The van der Waals surface area contributed by atoms with Gasteiger partial charge in [0.15, 0.2) is 6.61 Å². The fourth-order valence-corrected chi connectivity index (χ4v) is 2.76. The minimum absolute atomic E-state index is 0.0704. The molecular formula is C21H27ClN2O3. The normalized spacial score (nSPS) is 10.6. The summed E-state index contributed by atoms with van der Waals surface area (Å²) in [5.74, 6) is 0.429. The molecule has 0 saturated heterocycles. The summed E-state index contributed by atoms with van der Waals surface area (Å²) < 4.78 is 5.70. The maximum atomic E-state index is 12.1. The van der Waals surface area contributed by atoms with Gasteiger partial charge in [0.05, 0.1) is 0 Å². The van der Waals surface area contributed by atoms with Crippen LogP contribution in [0.2, 0.25) is 5.02 Å². The first-order valence-corrected chi connectivity index (χ1v) is 9.55. The molecule has 0 spiro atoms. The number of halogens is 1. The van der Waals surface area contributed by atoms with Crippen LogP contribution in [0.4, 0.5) is 5.69 Å². The Kier molecular flexibility index (Phi) is 9.11. The molecule has 3 N–H and O–H groups in total. The van der Waals surface area contributed by atoms with E-state index in [9.17, 15) is 4.79 Å². The van der Waals surface area contributed by atoms with Crippen LogP contribution in [0.1, 0.15) is 30.4 Å². The summed E-state index contributed by atoms with van der Waals surface area (Å²) in [4.78, 5) is 12.1. The molecule has 0 aliphatic carbocycles. The third-order valence-electron chi connectivity index (χ3n) is 4.04. The largest absolute Gasteiger partial charge is 0.483 e. The molecule has 0 aromatic heterocycles. The highest BCUT2D eigenvalue weighted by molar-refractivity contribution is 6.30. The molecule has 6 heteroatoms. The van der Waals surface area contributed by atoms with E-state index in [0.717, 1.165) is 42.6 Å². The van der Waals surface area contributed by atoms with E-state index < -0.39 is 0 Å². The van der Waals surface area contributed by atoms with Crippen LogP contribution < -0.4 is 15.4 Å². The fraction of sp³-hybridized carbons (Fsp3) is 0.381. The zero-order valence-electron chi connectivity index (χ0n) is 15.6. The van der Waals surface area contributed by atoms with E-state index in [1.54, 1.807) is 12.1 Å². The Morgan fingerprint density at radius 1 is 1.11 bits per heavy atom. The van der Waals surface area contributed by atoms with Gasteiger partial charge in [-0.3, -0.25) is 4.79 Å². The molecule has 0 atom stereocenters. The number of hydrogen-bond acceptors (Lipinski definition) is 4. The van der Waals surface area contributed by atoms with E-state index in [0.29, 0.717) is 17.3 Å². The molecule has 0 heterocycles. The smallest absolute Gasteiger partial charge is 0.262 e. The Morgan fingerprint density at radius 3 is 2.63 bits per heavy atom. The summed E-state index contributed by atoms with van der Waals surface area (Å²) in [6.07, 6.45) is 2.81. The summed E-state index contributed by atoms with van der Waals surface area (Å²) in [5, 5.41) is 15.6. The van der Waals surface area contributed by atoms with Crippen molar-refractivity contribution in [2.75, 3.05) is 25.1 Å². The molecular weight excluding hydrogens is 364 g/mol. The topological polar surface area (TPSA) is 70.6 Å². The zero-order valence-corrected chi connectivity index (χ0v) is 16.4. The Labute approximate surface area is 165 Å². The van der Waals surface area contributed by atoms with Gasteiger partial charge in [0.1, 0.15) is 5.75 Å². The lowest BCUT2D eigenvalue weighted by Crippen LogP contribution is -2.21. The Hall–Kier alpha value is -2.08. The van der Waals surface area contributed by atoms with Crippen molar-refractivity contribution in [3.05, 3.63) is 58.6 Å². The minimum Gasteiger partial charge on any atom is -0.483 e. The number of aliphatic hydroxyl groups excluding tert-OH is 1. The average molecular weight is 391 g/mol. The number of ether oxygens (including phenoxy) is 1. The van der Waals surface area contributed by atoms with Crippen LogP contribution in [0.25, 0.3) is 0 Å². The molecule has 5 nitrogen and oxygen atoms in total. The van der Waals surface area contributed by atoms with Gasteiger partial charge in [-0.1, -0.05) is 29.3 Å². The number of carbonyl (C=O) groups is 1. The van der Waals surface area contributed by atoms with Gasteiger partial charge in [-0.2, -0.15) is 0 Å². The van der Waals surface area contributed by atoms with E-state index in [2.05, 4.69) is 10.6 Å². The maximum absolute atomic E-state index is 12.1. The number of hydrogen-bond donors (Lipinski definition) is 3. The molecule has 2 aromatic carbocycles. The third kappa shape index (κ3) is 7.99. The molecule has 0 radical (unpaired) electrons. The molecule has 0 bridgehead atoms. The molecule has 1 amide bonds. The third-order valence-corrected chi connectivity index (χ3v) is 4.28. The predicted octanol–water partition coefficient (Wildman–Crippen LogP) is 3.92. The van der Waals surface area contributed by atoms with E-state index in [4.69, 9.17) is 21.4 Å². The van der Waals surface area contributed by atoms with Gasteiger partial charge in [-0.15, -0.1) is 0 Å². The second-order valence-corrected chi connectivity index (χ2v) is 6.85. The van der Waals surface area contributed by atoms with Gasteiger partial charge in [0.25, 0.3) is 5.91 Å². The van der Waals surface area contributed by atoms with Crippen molar-refractivity contribution < 1.29 is 14.6 Å². The highest BCUT2D eigenvalue weighted by Crippen LogP contribution is 2.23. The van der Waals surface area contributed by atoms with E-state index in [1.165, 1.54) is 0 Å². The first-order chi connectivity index (χ1) is 13.1. The maximum Gasteiger partial charge on any atom is 0.262 e. The molecule has 0 unspecified atom stereocenters. The van der Waals surface area contributed by atoms with Gasteiger partial charge >= 0.3 is 0 Å². The highest BCUT2D eigenvalue weighted by Gasteiger charge is 2.08. The van der Waals surface area contributed by atoms with Crippen LogP contribution in [-0.4, -0.2) is 30.8 Å². The van der Waals surface area contributed by atoms with Crippen LogP contribution in [-0.2, 0) is 11.3 Å². The number of benzene rings is 2. The molecule has 0 aliphatic heterocycles. The molecule has 2 aromatic rings.